The summed E-state index contributed by atoms with van der Waals surface area (Å²) in [4.78, 5) is 11.9. The zero-order chi connectivity index (χ0) is 20.6. The van der Waals surface area contributed by atoms with Crippen molar-refractivity contribution < 1.29 is 17.9 Å². The summed E-state index contributed by atoms with van der Waals surface area (Å²) in [6.07, 6.45) is 4.69. The molecule has 0 radical (unpaired) electrons. The number of rotatable bonds is 9. The van der Waals surface area contributed by atoms with E-state index in [1.165, 1.54) is 18.5 Å². The Morgan fingerprint density at radius 2 is 2.14 bits per heavy atom. The SMILES string of the molecule is CS(=O)(=O)c1ccccc1CNc1nc(N/C(C=NCCO)=C/N)ncc1F. The molecule has 0 fully saturated rings. The van der Waals surface area contributed by atoms with Crippen LogP contribution in [0, 0.1) is 5.82 Å². The summed E-state index contributed by atoms with van der Waals surface area (Å²) >= 11 is 0. The number of nitrogens with two attached hydrogens (primary N) is 1. The van der Waals surface area contributed by atoms with E-state index in [1.807, 2.05) is 0 Å². The van der Waals surface area contributed by atoms with E-state index in [0.717, 1.165) is 12.5 Å². The largest absolute Gasteiger partial charge is 0.403 e. The van der Waals surface area contributed by atoms with Crippen LogP contribution >= 0.6 is 0 Å². The van der Waals surface area contributed by atoms with Crippen molar-refractivity contribution >= 4 is 27.8 Å². The molecule has 11 heteroatoms. The summed E-state index contributed by atoms with van der Waals surface area (Å²) in [5, 5.41) is 14.3. The maximum absolute atomic E-state index is 14.0. The van der Waals surface area contributed by atoms with Crippen LogP contribution in [0.2, 0.25) is 0 Å². The fourth-order valence-electron chi connectivity index (χ4n) is 2.21. The number of halogens is 1. The van der Waals surface area contributed by atoms with Gasteiger partial charge in [0.25, 0.3) is 0 Å². The van der Waals surface area contributed by atoms with Crippen molar-refractivity contribution in [3.8, 4) is 0 Å². The quantitative estimate of drug-likeness (QED) is 0.448. The van der Waals surface area contributed by atoms with Crippen LogP contribution in [0.15, 0.2) is 52.2 Å². The molecular formula is C17H21FN6O3S. The number of aliphatic hydroxyl groups excluding tert-OH is 1. The predicted octanol–water partition coefficient (Wildman–Crippen LogP) is 0.906. The highest BCUT2D eigenvalue weighted by Gasteiger charge is 2.14. The van der Waals surface area contributed by atoms with Gasteiger partial charge in [0, 0.05) is 25.2 Å². The number of anilines is 2. The fourth-order valence-corrected chi connectivity index (χ4v) is 3.15. The average Bonchev–Trinajstić information content (AvgIpc) is 2.67. The molecular weight excluding hydrogens is 387 g/mol. The topological polar surface area (TPSA) is 143 Å². The molecule has 0 aliphatic rings. The summed E-state index contributed by atoms with van der Waals surface area (Å²) in [6.45, 7) is 0.147. The lowest BCUT2D eigenvalue weighted by molar-refractivity contribution is 0.307. The van der Waals surface area contributed by atoms with Gasteiger partial charge < -0.3 is 21.5 Å². The van der Waals surface area contributed by atoms with Gasteiger partial charge in [-0.3, -0.25) is 4.99 Å². The molecule has 9 nitrogen and oxygen atoms in total. The molecule has 2 aromatic rings. The van der Waals surface area contributed by atoms with Gasteiger partial charge in [0.1, 0.15) is 0 Å². The standard InChI is InChI=1S/C17H21FN6O3S/c1-28(26,27)15-5-3-2-4-12(15)9-21-16-14(18)11-22-17(24-16)23-13(8-19)10-20-6-7-25/h2-5,8,10-11,25H,6-7,9,19H2,1H3,(H2,21,22,23,24)/b13-8+,20-10?. The molecule has 1 heterocycles. The van der Waals surface area contributed by atoms with Crippen LogP contribution in [0.25, 0.3) is 0 Å². The van der Waals surface area contributed by atoms with Gasteiger partial charge in [-0.25, -0.2) is 17.8 Å². The predicted molar refractivity (Wildman–Crippen MR) is 105 cm³/mol. The van der Waals surface area contributed by atoms with Gasteiger partial charge in [0.2, 0.25) is 5.95 Å². The second-order valence-corrected chi connectivity index (χ2v) is 7.61. The van der Waals surface area contributed by atoms with Gasteiger partial charge in [-0.1, -0.05) is 18.2 Å². The van der Waals surface area contributed by atoms with Gasteiger partial charge in [-0.15, -0.1) is 0 Å². The number of aliphatic hydroxyl groups is 1. The van der Waals surface area contributed by atoms with Crippen molar-refractivity contribution in [1.82, 2.24) is 9.97 Å². The smallest absolute Gasteiger partial charge is 0.229 e. The van der Waals surface area contributed by atoms with E-state index < -0.39 is 15.7 Å². The highest BCUT2D eigenvalue weighted by atomic mass is 32.2. The van der Waals surface area contributed by atoms with E-state index >= 15 is 0 Å². The molecule has 2 rings (SSSR count). The first-order valence-corrected chi connectivity index (χ1v) is 10.1. The van der Waals surface area contributed by atoms with Gasteiger partial charge in [-0.2, -0.15) is 4.98 Å². The van der Waals surface area contributed by atoms with Crippen LogP contribution in [0.3, 0.4) is 0 Å². The van der Waals surface area contributed by atoms with E-state index in [4.69, 9.17) is 10.8 Å². The highest BCUT2D eigenvalue weighted by Crippen LogP contribution is 2.18. The first-order valence-electron chi connectivity index (χ1n) is 8.19. The maximum Gasteiger partial charge on any atom is 0.229 e. The third kappa shape index (κ3) is 5.99. The van der Waals surface area contributed by atoms with Gasteiger partial charge >= 0.3 is 0 Å². The number of aliphatic imine (C=N–C) groups is 1. The lowest BCUT2D eigenvalue weighted by atomic mass is 10.2. The van der Waals surface area contributed by atoms with Gasteiger partial charge in [0.15, 0.2) is 21.5 Å². The first-order chi connectivity index (χ1) is 13.3. The molecule has 0 unspecified atom stereocenters. The van der Waals surface area contributed by atoms with Crippen molar-refractivity contribution in [3.63, 3.8) is 0 Å². The summed E-state index contributed by atoms with van der Waals surface area (Å²) in [5.74, 6) is -0.744. The summed E-state index contributed by atoms with van der Waals surface area (Å²) in [5.41, 5.74) is 6.32. The third-order valence-corrected chi connectivity index (χ3v) is 4.65. The number of allylic oxidation sites excluding steroid dienone is 1. The minimum atomic E-state index is -3.42. The number of hydrogen-bond donors (Lipinski definition) is 4. The summed E-state index contributed by atoms with van der Waals surface area (Å²) in [7, 11) is -3.42. The number of nitrogens with zero attached hydrogens (tertiary/aromatic N) is 3. The van der Waals surface area contributed by atoms with Crippen LogP contribution in [0.1, 0.15) is 5.56 Å². The average molecular weight is 408 g/mol. The van der Waals surface area contributed by atoms with Crippen LogP contribution in [0.5, 0.6) is 0 Å². The summed E-state index contributed by atoms with van der Waals surface area (Å²) < 4.78 is 37.8. The Balaban J connectivity index is 2.17. The Kier molecular flexibility index (Phi) is 7.41. The van der Waals surface area contributed by atoms with E-state index in [2.05, 4.69) is 25.6 Å². The zero-order valence-electron chi connectivity index (χ0n) is 15.1. The lowest BCUT2D eigenvalue weighted by Crippen LogP contribution is -2.12. The molecule has 1 aromatic carbocycles. The van der Waals surface area contributed by atoms with Crippen molar-refractivity contribution in [1.29, 1.82) is 0 Å². The van der Waals surface area contributed by atoms with Gasteiger partial charge in [0.05, 0.1) is 29.9 Å². The Bertz CT molecular complexity index is 979. The van der Waals surface area contributed by atoms with Crippen LogP contribution in [0.4, 0.5) is 16.2 Å². The second-order valence-electron chi connectivity index (χ2n) is 5.63. The molecule has 28 heavy (non-hydrogen) atoms. The highest BCUT2D eigenvalue weighted by molar-refractivity contribution is 7.90. The number of aromatic nitrogens is 2. The third-order valence-electron chi connectivity index (χ3n) is 3.46. The Morgan fingerprint density at radius 1 is 1.39 bits per heavy atom. The number of sulfone groups is 1. The van der Waals surface area contributed by atoms with Crippen molar-refractivity contribution in [2.24, 2.45) is 10.7 Å². The van der Waals surface area contributed by atoms with Crippen molar-refractivity contribution in [2.75, 3.05) is 30.0 Å². The molecule has 1 aromatic heterocycles. The van der Waals surface area contributed by atoms with Crippen LogP contribution in [-0.4, -0.2) is 49.1 Å². The van der Waals surface area contributed by atoms with E-state index in [-0.39, 0.29) is 36.4 Å². The molecule has 0 amide bonds. The monoisotopic (exact) mass is 408 g/mol. The molecule has 0 atom stereocenters. The van der Waals surface area contributed by atoms with Gasteiger partial charge in [-0.05, 0) is 11.6 Å². The second kappa shape index (κ2) is 9.76. The van der Waals surface area contributed by atoms with E-state index in [0.29, 0.717) is 11.3 Å². The van der Waals surface area contributed by atoms with Crippen LogP contribution < -0.4 is 16.4 Å². The molecule has 5 N–H and O–H groups in total. The maximum atomic E-state index is 14.0. The zero-order valence-corrected chi connectivity index (χ0v) is 15.9. The van der Waals surface area contributed by atoms with E-state index in [9.17, 15) is 12.8 Å². The normalized spacial score (nSPS) is 12.3. The number of hydrogen-bond acceptors (Lipinski definition) is 9. The molecule has 0 aliphatic carbocycles. The lowest BCUT2D eigenvalue weighted by Gasteiger charge is -2.11. The minimum absolute atomic E-state index is 0.0498. The van der Waals surface area contributed by atoms with Crippen molar-refractivity contribution in [3.05, 3.63) is 53.7 Å². The van der Waals surface area contributed by atoms with Crippen molar-refractivity contribution in [2.45, 2.75) is 11.4 Å². The molecule has 150 valence electrons. The number of benzene rings is 1. The molecule has 0 saturated heterocycles. The summed E-state index contributed by atoms with van der Waals surface area (Å²) in [6, 6.07) is 6.43. The Labute approximate surface area is 162 Å². The molecule has 0 aliphatic heterocycles. The number of nitrogens with one attached hydrogen (secondary N) is 2. The molecule has 0 bridgehead atoms. The fraction of sp³-hybridized carbons (Fsp3) is 0.235. The Morgan fingerprint density at radius 3 is 2.82 bits per heavy atom. The molecule has 0 saturated carbocycles. The minimum Gasteiger partial charge on any atom is -0.403 e. The van der Waals surface area contributed by atoms with Crippen LogP contribution in [-0.2, 0) is 16.4 Å². The van der Waals surface area contributed by atoms with E-state index in [1.54, 1.807) is 18.2 Å². The first kappa shape index (κ1) is 21.3. The Hall–Kier alpha value is -3.05. The molecule has 0 spiro atoms.